The SMILES string of the molecule is CCCCCCCCCC(=O)NCC(=O)N/N=C\c1ccc(OC(=O)c2ccccc2Br)cc1. The molecule has 0 saturated carbocycles. The molecule has 7 nitrogen and oxygen atoms in total. The first-order valence-electron chi connectivity index (χ1n) is 11.6. The van der Waals surface area contributed by atoms with Crippen LogP contribution < -0.4 is 15.5 Å². The minimum atomic E-state index is -0.463. The average Bonchev–Trinajstić information content (AvgIpc) is 2.83. The molecule has 0 aromatic heterocycles. The zero-order valence-corrected chi connectivity index (χ0v) is 21.1. The average molecular weight is 530 g/mol. The van der Waals surface area contributed by atoms with E-state index in [0.29, 0.717) is 27.8 Å². The molecule has 2 aromatic carbocycles. The number of benzene rings is 2. The summed E-state index contributed by atoms with van der Waals surface area (Å²) in [4.78, 5) is 35.9. The van der Waals surface area contributed by atoms with Gasteiger partial charge in [-0.2, -0.15) is 5.10 Å². The highest BCUT2D eigenvalue weighted by atomic mass is 79.9. The summed E-state index contributed by atoms with van der Waals surface area (Å²) in [5, 5.41) is 6.50. The monoisotopic (exact) mass is 529 g/mol. The van der Waals surface area contributed by atoms with Crippen molar-refractivity contribution in [2.75, 3.05) is 6.54 Å². The van der Waals surface area contributed by atoms with Crippen molar-refractivity contribution < 1.29 is 19.1 Å². The first kappa shape index (κ1) is 27.2. The zero-order chi connectivity index (χ0) is 24.6. The number of hydrogen-bond donors (Lipinski definition) is 2. The Balaban J connectivity index is 1.64. The standard InChI is InChI=1S/C26H32BrN3O4/c1-2-3-4-5-6-7-8-13-24(31)28-19-25(32)30-29-18-20-14-16-21(17-15-20)34-26(33)22-11-9-10-12-23(22)27/h9-12,14-18H,2-8,13,19H2,1H3,(H,28,31)(H,30,32)/b29-18-. The molecule has 8 heteroatoms. The Morgan fingerprint density at radius 2 is 1.59 bits per heavy atom. The van der Waals surface area contributed by atoms with Crippen LogP contribution in [0, 0.1) is 0 Å². The van der Waals surface area contributed by atoms with Crippen LogP contribution in [-0.4, -0.2) is 30.5 Å². The van der Waals surface area contributed by atoms with Gasteiger partial charge in [0, 0.05) is 10.9 Å². The lowest BCUT2D eigenvalue weighted by Gasteiger charge is -2.06. The number of unbranched alkanes of at least 4 members (excludes halogenated alkanes) is 6. The van der Waals surface area contributed by atoms with Gasteiger partial charge in [0.15, 0.2) is 0 Å². The summed E-state index contributed by atoms with van der Waals surface area (Å²) < 4.78 is 6.03. The number of esters is 1. The molecule has 0 heterocycles. The van der Waals surface area contributed by atoms with Crippen molar-refractivity contribution in [1.82, 2.24) is 10.7 Å². The predicted octanol–water partition coefficient (Wildman–Crippen LogP) is 5.38. The Morgan fingerprint density at radius 3 is 2.29 bits per heavy atom. The van der Waals surface area contributed by atoms with E-state index in [1.54, 1.807) is 42.5 Å². The second kappa shape index (κ2) is 15.8. The molecule has 0 unspecified atom stereocenters. The molecule has 0 saturated heterocycles. The van der Waals surface area contributed by atoms with E-state index in [1.807, 2.05) is 6.07 Å². The molecule has 0 aliphatic carbocycles. The summed E-state index contributed by atoms with van der Waals surface area (Å²) in [5.74, 6) is -0.593. The lowest BCUT2D eigenvalue weighted by atomic mass is 10.1. The van der Waals surface area contributed by atoms with E-state index in [-0.39, 0.29) is 12.5 Å². The first-order chi connectivity index (χ1) is 16.5. The van der Waals surface area contributed by atoms with Crippen LogP contribution in [0.5, 0.6) is 5.75 Å². The van der Waals surface area contributed by atoms with E-state index in [1.165, 1.54) is 31.9 Å². The maximum absolute atomic E-state index is 12.2. The van der Waals surface area contributed by atoms with Gasteiger partial charge in [0.05, 0.1) is 18.3 Å². The van der Waals surface area contributed by atoms with Gasteiger partial charge >= 0.3 is 5.97 Å². The minimum absolute atomic E-state index is 0.114. The van der Waals surface area contributed by atoms with E-state index in [0.717, 1.165) is 19.3 Å². The normalized spacial score (nSPS) is 10.8. The highest BCUT2D eigenvalue weighted by molar-refractivity contribution is 9.10. The third-order valence-corrected chi connectivity index (χ3v) is 5.73. The molecule has 182 valence electrons. The Kier molecular flexibility index (Phi) is 12.6. The molecule has 2 rings (SSSR count). The van der Waals surface area contributed by atoms with Crippen LogP contribution in [-0.2, 0) is 9.59 Å². The van der Waals surface area contributed by atoms with Crippen LogP contribution in [0.4, 0.5) is 0 Å². The first-order valence-corrected chi connectivity index (χ1v) is 12.4. The smallest absolute Gasteiger partial charge is 0.344 e. The van der Waals surface area contributed by atoms with Crippen molar-refractivity contribution >= 4 is 39.9 Å². The number of hydrogen-bond acceptors (Lipinski definition) is 5. The van der Waals surface area contributed by atoms with Gasteiger partial charge in [0.25, 0.3) is 5.91 Å². The molecule has 0 radical (unpaired) electrons. The van der Waals surface area contributed by atoms with Crippen LogP contribution >= 0.6 is 15.9 Å². The van der Waals surface area contributed by atoms with E-state index in [4.69, 9.17) is 4.74 Å². The third kappa shape index (κ3) is 10.7. The Bertz CT molecular complexity index is 961. The Morgan fingerprint density at radius 1 is 0.912 bits per heavy atom. The molecule has 0 bridgehead atoms. The van der Waals surface area contributed by atoms with Gasteiger partial charge in [-0.1, -0.05) is 57.6 Å². The Labute approximate surface area is 209 Å². The van der Waals surface area contributed by atoms with Crippen molar-refractivity contribution in [2.24, 2.45) is 5.10 Å². The molecule has 0 aliphatic rings. The van der Waals surface area contributed by atoms with Gasteiger partial charge in [-0.3, -0.25) is 9.59 Å². The quantitative estimate of drug-likeness (QED) is 0.113. The maximum atomic E-state index is 12.2. The predicted molar refractivity (Wildman–Crippen MR) is 137 cm³/mol. The van der Waals surface area contributed by atoms with Crippen molar-refractivity contribution in [1.29, 1.82) is 0 Å². The number of ether oxygens (including phenoxy) is 1. The fraction of sp³-hybridized carbons (Fsp3) is 0.385. The molecule has 0 spiro atoms. The summed E-state index contributed by atoms with van der Waals surface area (Å²) in [6.45, 7) is 2.08. The van der Waals surface area contributed by atoms with Crippen LogP contribution in [0.3, 0.4) is 0 Å². The maximum Gasteiger partial charge on any atom is 0.344 e. The third-order valence-electron chi connectivity index (χ3n) is 5.04. The molecule has 0 aliphatic heterocycles. The molecule has 2 N–H and O–H groups in total. The van der Waals surface area contributed by atoms with Gasteiger partial charge < -0.3 is 10.1 Å². The second-order valence-electron chi connectivity index (χ2n) is 7.88. The lowest BCUT2D eigenvalue weighted by Crippen LogP contribution is -2.34. The van der Waals surface area contributed by atoms with E-state index in [9.17, 15) is 14.4 Å². The van der Waals surface area contributed by atoms with E-state index in [2.05, 4.69) is 38.7 Å². The van der Waals surface area contributed by atoms with Crippen LogP contribution in [0.1, 0.15) is 74.2 Å². The molecular formula is C26H32BrN3O4. The van der Waals surface area contributed by atoms with Gasteiger partial charge in [0.2, 0.25) is 5.91 Å². The second-order valence-corrected chi connectivity index (χ2v) is 8.73. The van der Waals surface area contributed by atoms with Crippen molar-refractivity contribution in [3.8, 4) is 5.75 Å². The largest absolute Gasteiger partial charge is 0.423 e. The molecule has 0 fully saturated rings. The molecule has 2 aromatic rings. The number of halogens is 1. The minimum Gasteiger partial charge on any atom is -0.423 e. The van der Waals surface area contributed by atoms with E-state index < -0.39 is 11.9 Å². The van der Waals surface area contributed by atoms with Crippen LogP contribution in [0.25, 0.3) is 0 Å². The van der Waals surface area contributed by atoms with E-state index >= 15 is 0 Å². The summed E-state index contributed by atoms with van der Waals surface area (Å²) in [6, 6.07) is 13.7. The fourth-order valence-electron chi connectivity index (χ4n) is 3.14. The Hall–Kier alpha value is -3.00. The number of nitrogens with one attached hydrogen (secondary N) is 2. The number of rotatable bonds is 14. The molecule has 2 amide bonds. The number of hydrazone groups is 1. The van der Waals surface area contributed by atoms with Crippen molar-refractivity contribution in [2.45, 2.75) is 58.3 Å². The van der Waals surface area contributed by atoms with Gasteiger partial charge in [-0.25, -0.2) is 10.2 Å². The zero-order valence-electron chi connectivity index (χ0n) is 19.5. The molecule has 34 heavy (non-hydrogen) atoms. The highest BCUT2D eigenvalue weighted by Crippen LogP contribution is 2.19. The summed E-state index contributed by atoms with van der Waals surface area (Å²) in [5.41, 5.74) is 3.53. The van der Waals surface area contributed by atoms with Gasteiger partial charge in [-0.05, 0) is 64.3 Å². The summed E-state index contributed by atoms with van der Waals surface area (Å²) in [7, 11) is 0. The number of carbonyl (C=O) groups is 3. The highest BCUT2D eigenvalue weighted by Gasteiger charge is 2.11. The molecular weight excluding hydrogens is 498 g/mol. The number of carbonyl (C=O) groups excluding carboxylic acids is 3. The summed E-state index contributed by atoms with van der Waals surface area (Å²) >= 11 is 3.33. The molecule has 0 atom stereocenters. The van der Waals surface area contributed by atoms with Gasteiger partial charge in [-0.15, -0.1) is 0 Å². The van der Waals surface area contributed by atoms with Crippen molar-refractivity contribution in [3.63, 3.8) is 0 Å². The van der Waals surface area contributed by atoms with Crippen molar-refractivity contribution in [3.05, 3.63) is 64.1 Å². The number of amides is 2. The fourth-order valence-corrected chi connectivity index (χ4v) is 3.59. The number of nitrogens with zero attached hydrogens (tertiary/aromatic N) is 1. The summed E-state index contributed by atoms with van der Waals surface area (Å²) in [6.07, 6.45) is 9.90. The van der Waals surface area contributed by atoms with Gasteiger partial charge in [0.1, 0.15) is 5.75 Å². The van der Waals surface area contributed by atoms with Crippen LogP contribution in [0.2, 0.25) is 0 Å². The topological polar surface area (TPSA) is 96.9 Å². The lowest BCUT2D eigenvalue weighted by molar-refractivity contribution is -0.126. The van der Waals surface area contributed by atoms with Crippen LogP contribution in [0.15, 0.2) is 58.1 Å².